The third kappa shape index (κ3) is 2.45. The second-order valence-electron chi connectivity index (χ2n) is 3.73. The monoisotopic (exact) mass is 214 g/mol. The molecule has 0 bridgehead atoms. The summed E-state index contributed by atoms with van der Waals surface area (Å²) >= 11 is 0. The Hall–Kier alpha value is -1.14. The molecule has 1 heterocycles. The number of carbonyl (C=O) groups is 2. The molecule has 2 unspecified atom stereocenters. The third-order valence-corrected chi connectivity index (χ3v) is 2.85. The highest BCUT2D eigenvalue weighted by Gasteiger charge is 2.36. The van der Waals surface area contributed by atoms with Gasteiger partial charge in [-0.1, -0.05) is 6.92 Å². The lowest BCUT2D eigenvalue weighted by atomic mass is 10.1. The van der Waals surface area contributed by atoms with Crippen LogP contribution in [0.3, 0.4) is 0 Å². The summed E-state index contributed by atoms with van der Waals surface area (Å²) in [5, 5.41) is 0. The Kier molecular flexibility index (Phi) is 4.05. The van der Waals surface area contributed by atoms with Crippen LogP contribution in [0, 0.1) is 0 Å². The predicted octanol–water partition coefficient (Wildman–Crippen LogP) is -1.30. The molecule has 0 aromatic heterocycles. The van der Waals surface area contributed by atoms with E-state index in [0.29, 0.717) is 6.42 Å². The molecule has 1 fully saturated rings. The number of hydrazine groups is 1. The van der Waals surface area contributed by atoms with Crippen LogP contribution < -0.4 is 17.0 Å². The number of hydrogen-bond acceptors (Lipinski definition) is 4. The van der Waals surface area contributed by atoms with Crippen LogP contribution >= 0.6 is 0 Å². The molecule has 1 aliphatic heterocycles. The second-order valence-corrected chi connectivity index (χ2v) is 3.73. The van der Waals surface area contributed by atoms with Crippen LogP contribution in [0.2, 0.25) is 0 Å². The molecular formula is C9H18N4O2. The number of likely N-dealkylation sites (tertiary alicyclic amines) is 1. The molecule has 6 nitrogen and oxygen atoms in total. The van der Waals surface area contributed by atoms with Crippen LogP contribution in [0.15, 0.2) is 0 Å². The van der Waals surface area contributed by atoms with Crippen LogP contribution in [0.25, 0.3) is 0 Å². The summed E-state index contributed by atoms with van der Waals surface area (Å²) in [5.74, 6) is 4.47. The maximum Gasteiger partial charge on any atom is 0.251 e. The minimum atomic E-state index is -0.365. The maximum atomic E-state index is 11.5. The average molecular weight is 214 g/mol. The molecular weight excluding hydrogens is 196 g/mol. The van der Waals surface area contributed by atoms with Crippen molar-refractivity contribution >= 4 is 11.8 Å². The van der Waals surface area contributed by atoms with Gasteiger partial charge in [0.25, 0.3) is 5.91 Å². The zero-order valence-corrected chi connectivity index (χ0v) is 8.90. The van der Waals surface area contributed by atoms with Gasteiger partial charge in [0.2, 0.25) is 5.91 Å². The average Bonchev–Trinajstić information content (AvgIpc) is 2.67. The van der Waals surface area contributed by atoms with Crippen molar-refractivity contribution in [1.82, 2.24) is 10.3 Å². The summed E-state index contributed by atoms with van der Waals surface area (Å²) in [7, 11) is 0. The number of amides is 2. The lowest BCUT2D eigenvalue weighted by Crippen LogP contribution is -2.53. The normalized spacial score (nSPS) is 23.7. The van der Waals surface area contributed by atoms with Crippen LogP contribution in [-0.2, 0) is 9.59 Å². The van der Waals surface area contributed by atoms with Crippen molar-refractivity contribution in [2.45, 2.75) is 38.3 Å². The van der Waals surface area contributed by atoms with Gasteiger partial charge in [-0.15, -0.1) is 0 Å². The first-order chi connectivity index (χ1) is 7.11. The number of primary amides is 1. The van der Waals surface area contributed by atoms with Gasteiger partial charge in [0, 0.05) is 0 Å². The van der Waals surface area contributed by atoms with Crippen LogP contribution in [0.5, 0.6) is 0 Å². The number of hydrogen-bond donors (Lipinski definition) is 3. The van der Waals surface area contributed by atoms with E-state index < -0.39 is 0 Å². The summed E-state index contributed by atoms with van der Waals surface area (Å²) in [5.41, 5.74) is 7.40. The Morgan fingerprint density at radius 1 is 1.60 bits per heavy atom. The van der Waals surface area contributed by atoms with E-state index in [1.807, 2.05) is 11.8 Å². The molecule has 86 valence electrons. The summed E-state index contributed by atoms with van der Waals surface area (Å²) in [6.45, 7) is 2.61. The van der Waals surface area contributed by atoms with Gasteiger partial charge < -0.3 is 5.73 Å². The Labute approximate surface area is 88.9 Å². The van der Waals surface area contributed by atoms with E-state index in [4.69, 9.17) is 11.6 Å². The third-order valence-electron chi connectivity index (χ3n) is 2.85. The van der Waals surface area contributed by atoms with E-state index >= 15 is 0 Å². The first-order valence-corrected chi connectivity index (χ1v) is 5.17. The fourth-order valence-electron chi connectivity index (χ4n) is 2.13. The van der Waals surface area contributed by atoms with Crippen molar-refractivity contribution in [2.24, 2.45) is 11.6 Å². The fraction of sp³-hybridized carbons (Fsp3) is 0.778. The molecule has 6 heteroatoms. The topological polar surface area (TPSA) is 101 Å². The van der Waals surface area contributed by atoms with Crippen molar-refractivity contribution in [3.8, 4) is 0 Å². The zero-order valence-electron chi connectivity index (χ0n) is 8.90. The van der Waals surface area contributed by atoms with Gasteiger partial charge in [-0.2, -0.15) is 0 Å². The smallest absolute Gasteiger partial charge is 0.251 e. The zero-order chi connectivity index (χ0) is 11.4. The summed E-state index contributed by atoms with van der Waals surface area (Å²) < 4.78 is 0. The molecule has 1 saturated heterocycles. The van der Waals surface area contributed by atoms with Crippen LogP contribution in [0.1, 0.15) is 26.2 Å². The Morgan fingerprint density at radius 2 is 2.27 bits per heavy atom. The first-order valence-electron chi connectivity index (χ1n) is 5.17. The Bertz CT molecular complexity index is 256. The second kappa shape index (κ2) is 5.09. The van der Waals surface area contributed by atoms with Gasteiger partial charge >= 0.3 is 0 Å². The number of carbonyl (C=O) groups excluding carboxylic acids is 2. The van der Waals surface area contributed by atoms with Crippen molar-refractivity contribution in [1.29, 1.82) is 0 Å². The number of rotatable bonds is 4. The van der Waals surface area contributed by atoms with Crippen molar-refractivity contribution in [3.05, 3.63) is 0 Å². The predicted molar refractivity (Wildman–Crippen MR) is 55.3 cm³/mol. The Balaban J connectivity index is 2.74. The summed E-state index contributed by atoms with van der Waals surface area (Å²) in [6.07, 6.45) is 2.23. The highest BCUT2D eigenvalue weighted by atomic mass is 16.2. The highest BCUT2D eigenvalue weighted by molar-refractivity contribution is 5.84. The Morgan fingerprint density at radius 3 is 2.73 bits per heavy atom. The summed E-state index contributed by atoms with van der Waals surface area (Å²) in [4.78, 5) is 24.5. The molecule has 2 amide bonds. The fourth-order valence-corrected chi connectivity index (χ4v) is 2.13. The maximum absolute atomic E-state index is 11.5. The van der Waals surface area contributed by atoms with Gasteiger partial charge in [-0.3, -0.25) is 19.9 Å². The molecule has 1 rings (SSSR count). The molecule has 0 aliphatic carbocycles. The van der Waals surface area contributed by atoms with E-state index in [1.165, 1.54) is 0 Å². The number of nitrogens with two attached hydrogens (primary N) is 2. The lowest BCUT2D eigenvalue weighted by Gasteiger charge is -2.29. The van der Waals surface area contributed by atoms with Crippen molar-refractivity contribution in [2.75, 3.05) is 6.54 Å². The quantitative estimate of drug-likeness (QED) is 0.308. The molecule has 0 radical (unpaired) electrons. The number of nitrogens with one attached hydrogen (secondary N) is 1. The van der Waals surface area contributed by atoms with E-state index in [9.17, 15) is 9.59 Å². The van der Waals surface area contributed by atoms with Crippen molar-refractivity contribution < 1.29 is 9.59 Å². The van der Waals surface area contributed by atoms with Crippen LogP contribution in [-0.4, -0.2) is 35.3 Å². The molecule has 2 atom stereocenters. The standard InChI is InChI=1S/C9H18N4O2/c1-2-6(9(15)12-11)13-5-3-4-7(13)8(10)14/h6-7H,2-5,11H2,1H3,(H2,10,14)(H,12,15). The molecule has 0 saturated carbocycles. The molecule has 1 aliphatic rings. The molecule has 15 heavy (non-hydrogen) atoms. The van der Waals surface area contributed by atoms with E-state index in [-0.39, 0.29) is 23.9 Å². The minimum Gasteiger partial charge on any atom is -0.368 e. The number of nitrogens with zero attached hydrogens (tertiary/aromatic N) is 1. The van der Waals surface area contributed by atoms with E-state index in [1.54, 1.807) is 0 Å². The molecule has 5 N–H and O–H groups in total. The molecule has 0 spiro atoms. The molecule has 0 aromatic carbocycles. The summed E-state index contributed by atoms with van der Waals surface area (Å²) in [6, 6.07) is -0.678. The lowest BCUT2D eigenvalue weighted by molar-refractivity contribution is -0.130. The van der Waals surface area contributed by atoms with Gasteiger partial charge in [0.15, 0.2) is 0 Å². The van der Waals surface area contributed by atoms with Gasteiger partial charge in [0.1, 0.15) is 0 Å². The SMILES string of the molecule is CCC(C(=O)NN)N1CCCC1C(N)=O. The minimum absolute atomic E-state index is 0.259. The van der Waals surface area contributed by atoms with E-state index in [2.05, 4.69) is 5.43 Å². The van der Waals surface area contributed by atoms with Crippen LogP contribution in [0.4, 0.5) is 0 Å². The molecule has 0 aromatic rings. The van der Waals surface area contributed by atoms with Gasteiger partial charge in [-0.05, 0) is 25.8 Å². The van der Waals surface area contributed by atoms with Gasteiger partial charge in [0.05, 0.1) is 12.1 Å². The first kappa shape index (κ1) is 11.9. The van der Waals surface area contributed by atoms with E-state index in [0.717, 1.165) is 19.4 Å². The largest absolute Gasteiger partial charge is 0.368 e. The highest BCUT2D eigenvalue weighted by Crippen LogP contribution is 2.21. The van der Waals surface area contributed by atoms with Gasteiger partial charge in [-0.25, -0.2) is 5.84 Å². The van der Waals surface area contributed by atoms with Crippen molar-refractivity contribution in [3.63, 3.8) is 0 Å².